The molecule has 1 N–H and O–H groups in total. The highest BCUT2D eigenvalue weighted by atomic mass is 32.2. The van der Waals surface area contributed by atoms with Crippen molar-refractivity contribution in [2.24, 2.45) is 5.92 Å². The lowest BCUT2D eigenvalue weighted by Crippen LogP contribution is -2.26. The van der Waals surface area contributed by atoms with Crippen LogP contribution in [0.2, 0.25) is 0 Å². The molecule has 1 saturated heterocycles. The second-order valence-electron chi connectivity index (χ2n) is 10.1. The van der Waals surface area contributed by atoms with E-state index in [9.17, 15) is 13.2 Å². The summed E-state index contributed by atoms with van der Waals surface area (Å²) in [6, 6.07) is 8.49. The van der Waals surface area contributed by atoms with Crippen LogP contribution in [0.5, 0.6) is 0 Å². The number of benzene rings is 1. The molecule has 2 aromatic heterocycles. The van der Waals surface area contributed by atoms with Crippen molar-refractivity contribution in [1.29, 1.82) is 0 Å². The van der Waals surface area contributed by atoms with E-state index in [4.69, 9.17) is 9.72 Å². The van der Waals surface area contributed by atoms with Gasteiger partial charge in [-0.1, -0.05) is 20.8 Å². The third-order valence-corrected chi connectivity index (χ3v) is 8.02. The standard InChI is InChI=1S/C25H33N5O4S/c1-17(31)27-23-9-7-20(15-26-23)35(32,33)29(5)19-6-8-22-21(14-19)28-24(25(2,3)4)30(22)16-18-10-12-34-13-11-18/h6-9,14-15,18H,10-13,16H2,1-5H3,(H,26,27,31). The minimum absolute atomic E-state index is 0.0367. The molecule has 35 heavy (non-hydrogen) atoms. The van der Waals surface area contributed by atoms with Gasteiger partial charge in [0.2, 0.25) is 5.91 Å². The van der Waals surface area contributed by atoms with Gasteiger partial charge in [0.25, 0.3) is 10.0 Å². The molecule has 1 aromatic carbocycles. The quantitative estimate of drug-likeness (QED) is 0.551. The summed E-state index contributed by atoms with van der Waals surface area (Å²) in [4.78, 5) is 20.2. The number of ether oxygens (including phenoxy) is 1. The Balaban J connectivity index is 1.67. The molecule has 1 amide bonds. The van der Waals surface area contributed by atoms with Crippen molar-refractivity contribution in [3.8, 4) is 0 Å². The van der Waals surface area contributed by atoms with Gasteiger partial charge in [-0.25, -0.2) is 18.4 Å². The van der Waals surface area contributed by atoms with Gasteiger partial charge in [-0.3, -0.25) is 9.10 Å². The average Bonchev–Trinajstić information content (AvgIpc) is 3.17. The highest BCUT2D eigenvalue weighted by Crippen LogP contribution is 2.32. The van der Waals surface area contributed by atoms with Gasteiger partial charge in [0.15, 0.2) is 0 Å². The zero-order chi connectivity index (χ0) is 25.4. The van der Waals surface area contributed by atoms with Crippen molar-refractivity contribution in [1.82, 2.24) is 14.5 Å². The van der Waals surface area contributed by atoms with E-state index in [1.807, 2.05) is 18.2 Å². The van der Waals surface area contributed by atoms with Crippen LogP contribution >= 0.6 is 0 Å². The number of anilines is 2. The summed E-state index contributed by atoms with van der Waals surface area (Å²) >= 11 is 0. The van der Waals surface area contributed by atoms with Crippen molar-refractivity contribution < 1.29 is 17.9 Å². The third-order valence-electron chi connectivity index (χ3n) is 6.25. The van der Waals surface area contributed by atoms with Gasteiger partial charge < -0.3 is 14.6 Å². The van der Waals surface area contributed by atoms with E-state index in [1.54, 1.807) is 0 Å². The minimum atomic E-state index is -3.85. The fourth-order valence-corrected chi connectivity index (χ4v) is 5.48. The highest BCUT2D eigenvalue weighted by molar-refractivity contribution is 7.92. The Morgan fingerprint density at radius 1 is 1.20 bits per heavy atom. The summed E-state index contributed by atoms with van der Waals surface area (Å²) in [6.07, 6.45) is 3.30. The molecule has 9 nitrogen and oxygen atoms in total. The number of hydrogen-bond acceptors (Lipinski definition) is 6. The molecule has 0 atom stereocenters. The van der Waals surface area contributed by atoms with E-state index in [1.165, 1.54) is 36.6 Å². The number of carbonyl (C=O) groups is 1. The lowest BCUT2D eigenvalue weighted by atomic mass is 9.94. The van der Waals surface area contributed by atoms with E-state index in [0.29, 0.717) is 17.4 Å². The summed E-state index contributed by atoms with van der Waals surface area (Å²) < 4.78 is 35.6. The van der Waals surface area contributed by atoms with Crippen LogP contribution in [0.4, 0.5) is 11.5 Å². The second kappa shape index (κ2) is 9.58. The number of fused-ring (bicyclic) bond motifs is 1. The highest BCUT2D eigenvalue weighted by Gasteiger charge is 2.27. The van der Waals surface area contributed by atoms with Gasteiger partial charge in [-0.15, -0.1) is 0 Å². The van der Waals surface area contributed by atoms with Gasteiger partial charge in [-0.2, -0.15) is 0 Å². The maximum atomic E-state index is 13.3. The Morgan fingerprint density at radius 3 is 2.51 bits per heavy atom. The summed E-state index contributed by atoms with van der Waals surface area (Å²) in [6.45, 7) is 10.2. The van der Waals surface area contributed by atoms with Gasteiger partial charge >= 0.3 is 0 Å². The Hall–Kier alpha value is -2.98. The lowest BCUT2D eigenvalue weighted by molar-refractivity contribution is -0.114. The van der Waals surface area contributed by atoms with Crippen molar-refractivity contribution in [2.45, 2.75) is 57.4 Å². The van der Waals surface area contributed by atoms with E-state index in [2.05, 4.69) is 35.6 Å². The van der Waals surface area contributed by atoms with Crippen molar-refractivity contribution in [2.75, 3.05) is 29.9 Å². The second-order valence-corrected chi connectivity index (χ2v) is 12.0. The molecular formula is C25H33N5O4S. The van der Waals surface area contributed by atoms with Crippen LogP contribution in [0.1, 0.15) is 46.4 Å². The maximum absolute atomic E-state index is 13.3. The number of carbonyl (C=O) groups excluding carboxylic acids is 1. The van der Waals surface area contributed by atoms with Crippen molar-refractivity contribution in [3.05, 3.63) is 42.4 Å². The Labute approximate surface area is 206 Å². The van der Waals surface area contributed by atoms with Crippen molar-refractivity contribution in [3.63, 3.8) is 0 Å². The van der Waals surface area contributed by atoms with E-state index < -0.39 is 10.0 Å². The molecule has 4 rings (SSSR count). The smallest absolute Gasteiger partial charge is 0.265 e. The molecule has 0 spiro atoms. The Kier molecular flexibility index (Phi) is 6.88. The molecule has 0 unspecified atom stereocenters. The lowest BCUT2D eigenvalue weighted by Gasteiger charge is -2.26. The summed E-state index contributed by atoms with van der Waals surface area (Å²) in [7, 11) is -2.33. The van der Waals surface area contributed by atoms with Crippen LogP contribution in [-0.2, 0) is 31.5 Å². The van der Waals surface area contributed by atoms with Gasteiger partial charge in [0, 0.05) is 45.3 Å². The topological polar surface area (TPSA) is 106 Å². The molecule has 0 saturated carbocycles. The average molecular weight is 500 g/mol. The molecule has 3 heterocycles. The van der Waals surface area contributed by atoms with Crippen LogP contribution in [0.15, 0.2) is 41.4 Å². The van der Waals surface area contributed by atoms with Gasteiger partial charge in [-0.05, 0) is 49.1 Å². The van der Waals surface area contributed by atoms with Crippen molar-refractivity contribution >= 4 is 38.5 Å². The molecular weight excluding hydrogens is 466 g/mol. The van der Waals surface area contributed by atoms with Crippen LogP contribution in [0, 0.1) is 5.92 Å². The SMILES string of the molecule is CC(=O)Nc1ccc(S(=O)(=O)N(C)c2ccc3c(c2)nc(C(C)(C)C)n3CC2CCOCC2)cn1. The summed E-state index contributed by atoms with van der Waals surface area (Å²) in [5.74, 6) is 1.53. The van der Waals surface area contributed by atoms with E-state index in [-0.39, 0.29) is 16.2 Å². The number of nitrogens with zero attached hydrogens (tertiary/aromatic N) is 4. The number of rotatable bonds is 6. The molecule has 1 aliphatic rings. The maximum Gasteiger partial charge on any atom is 0.265 e. The molecule has 1 fully saturated rings. The molecule has 188 valence electrons. The fourth-order valence-electron chi connectivity index (χ4n) is 4.34. The first kappa shape index (κ1) is 25.1. The van der Waals surface area contributed by atoms with E-state index in [0.717, 1.165) is 49.5 Å². The monoisotopic (exact) mass is 499 g/mol. The third kappa shape index (κ3) is 5.33. The molecule has 0 radical (unpaired) electrons. The summed E-state index contributed by atoms with van der Waals surface area (Å²) in [5.41, 5.74) is 2.11. The largest absolute Gasteiger partial charge is 0.381 e. The van der Waals surface area contributed by atoms with E-state index >= 15 is 0 Å². The number of aromatic nitrogens is 3. The normalized spacial score (nSPS) is 15.3. The molecule has 1 aliphatic heterocycles. The predicted molar refractivity (Wildman–Crippen MR) is 136 cm³/mol. The first-order valence-corrected chi connectivity index (χ1v) is 13.2. The first-order valence-electron chi connectivity index (χ1n) is 11.8. The molecule has 3 aromatic rings. The number of sulfonamides is 1. The Morgan fingerprint density at radius 2 is 1.91 bits per heavy atom. The number of imidazole rings is 1. The number of amides is 1. The zero-order valence-electron chi connectivity index (χ0n) is 20.9. The number of pyridine rings is 1. The zero-order valence-corrected chi connectivity index (χ0v) is 21.7. The van der Waals surface area contributed by atoms with Gasteiger partial charge in [0.1, 0.15) is 16.5 Å². The molecule has 10 heteroatoms. The number of hydrogen-bond donors (Lipinski definition) is 1. The van der Waals surface area contributed by atoms with Gasteiger partial charge in [0.05, 0.1) is 16.7 Å². The minimum Gasteiger partial charge on any atom is -0.381 e. The van der Waals surface area contributed by atoms with Crippen LogP contribution < -0.4 is 9.62 Å². The predicted octanol–water partition coefficient (Wildman–Crippen LogP) is 3.94. The first-order chi connectivity index (χ1) is 16.5. The summed E-state index contributed by atoms with van der Waals surface area (Å²) in [5, 5.41) is 2.54. The number of nitrogens with one attached hydrogen (secondary N) is 1. The molecule has 0 aliphatic carbocycles. The fraction of sp³-hybridized carbons (Fsp3) is 0.480. The van der Waals surface area contributed by atoms with Crippen LogP contribution in [0.3, 0.4) is 0 Å². The molecule has 0 bridgehead atoms. The Bertz CT molecular complexity index is 1320. The van der Waals surface area contributed by atoms with Crippen LogP contribution in [0.25, 0.3) is 11.0 Å². The van der Waals surface area contributed by atoms with Crippen LogP contribution in [-0.4, -0.2) is 49.1 Å².